The number of hydrogen-bond acceptors (Lipinski definition) is 5. The molecule has 0 aromatic heterocycles. The number of rotatable bonds is 7. The van der Waals surface area contributed by atoms with Crippen LogP contribution in [0.5, 0.6) is 0 Å². The van der Waals surface area contributed by atoms with Gasteiger partial charge in [0.25, 0.3) is 0 Å². The molecule has 122 valence electrons. The van der Waals surface area contributed by atoms with E-state index >= 15 is 0 Å². The van der Waals surface area contributed by atoms with Gasteiger partial charge in [0.05, 0.1) is 12.6 Å². The molecule has 5 nitrogen and oxygen atoms in total. The lowest BCUT2D eigenvalue weighted by Gasteiger charge is -2.27. The lowest BCUT2D eigenvalue weighted by Crippen LogP contribution is -2.34. The minimum atomic E-state index is -0.483. The summed E-state index contributed by atoms with van der Waals surface area (Å²) in [6.45, 7) is 1.20. The number of aliphatic hydroxyl groups is 1. The summed E-state index contributed by atoms with van der Waals surface area (Å²) >= 11 is 0. The Bertz CT molecular complexity index is 613. The number of benzene rings is 2. The van der Waals surface area contributed by atoms with Crippen molar-refractivity contribution in [3.05, 3.63) is 60.2 Å². The van der Waals surface area contributed by atoms with Crippen molar-refractivity contribution in [2.75, 3.05) is 20.4 Å². The van der Waals surface area contributed by atoms with Crippen molar-refractivity contribution in [1.82, 2.24) is 5.06 Å². The average molecular weight is 315 g/mol. The Morgan fingerprint density at radius 3 is 2.22 bits per heavy atom. The maximum absolute atomic E-state index is 11.2. The third kappa shape index (κ3) is 4.63. The van der Waals surface area contributed by atoms with Gasteiger partial charge in [-0.2, -0.15) is 0 Å². The molecule has 1 atom stereocenters. The monoisotopic (exact) mass is 315 g/mol. The predicted molar refractivity (Wildman–Crippen MR) is 87.2 cm³/mol. The van der Waals surface area contributed by atoms with Gasteiger partial charge < -0.3 is 14.7 Å². The standard InChI is InChI=1S/C18H21NO4/c1-14(21)23-19(13-22-2)18(12-20)17-10-8-16(9-11-17)15-6-4-3-5-7-15/h3-11,18,20H,12-13H2,1-2H3/t18-/m1/s1. The van der Waals surface area contributed by atoms with Crippen LogP contribution in [0.4, 0.5) is 0 Å². The smallest absolute Gasteiger partial charge is 0.322 e. The van der Waals surface area contributed by atoms with Gasteiger partial charge in [-0.25, -0.2) is 0 Å². The fourth-order valence-electron chi connectivity index (χ4n) is 2.36. The summed E-state index contributed by atoms with van der Waals surface area (Å²) in [7, 11) is 1.50. The summed E-state index contributed by atoms with van der Waals surface area (Å²) in [5.41, 5.74) is 3.04. The third-order valence-electron chi connectivity index (χ3n) is 3.43. The van der Waals surface area contributed by atoms with E-state index in [-0.39, 0.29) is 13.3 Å². The Morgan fingerprint density at radius 1 is 1.09 bits per heavy atom. The first-order valence-corrected chi connectivity index (χ1v) is 7.36. The van der Waals surface area contributed by atoms with Crippen molar-refractivity contribution in [3.63, 3.8) is 0 Å². The molecule has 0 heterocycles. The highest BCUT2D eigenvalue weighted by molar-refractivity contribution is 5.65. The molecule has 0 radical (unpaired) electrons. The molecule has 0 bridgehead atoms. The minimum Gasteiger partial charge on any atom is -0.394 e. The van der Waals surface area contributed by atoms with E-state index < -0.39 is 12.0 Å². The van der Waals surface area contributed by atoms with Crippen LogP contribution in [0.1, 0.15) is 18.5 Å². The molecule has 0 aliphatic carbocycles. The SMILES string of the molecule is COCN(OC(C)=O)[C@H](CO)c1ccc(-c2ccccc2)cc1. The molecule has 1 N–H and O–H groups in total. The second kappa shape index (κ2) is 8.43. The second-order valence-electron chi connectivity index (χ2n) is 5.10. The highest BCUT2D eigenvalue weighted by atomic mass is 16.7. The topological polar surface area (TPSA) is 59.0 Å². The van der Waals surface area contributed by atoms with Crippen molar-refractivity contribution in [2.45, 2.75) is 13.0 Å². The van der Waals surface area contributed by atoms with Crippen LogP contribution in [-0.4, -0.2) is 36.6 Å². The quantitative estimate of drug-likeness (QED) is 0.629. The van der Waals surface area contributed by atoms with Crippen molar-refractivity contribution in [2.24, 2.45) is 0 Å². The van der Waals surface area contributed by atoms with Crippen LogP contribution in [-0.2, 0) is 14.4 Å². The number of carbonyl (C=O) groups excluding carboxylic acids is 1. The molecule has 0 saturated heterocycles. The number of aliphatic hydroxyl groups excluding tert-OH is 1. The second-order valence-corrected chi connectivity index (χ2v) is 5.10. The molecule has 0 fully saturated rings. The number of hydrogen-bond donors (Lipinski definition) is 1. The molecule has 0 amide bonds. The van der Waals surface area contributed by atoms with Gasteiger partial charge in [-0.05, 0) is 16.7 Å². The first-order chi connectivity index (χ1) is 11.2. The lowest BCUT2D eigenvalue weighted by molar-refractivity contribution is -0.228. The maximum atomic E-state index is 11.2. The zero-order valence-electron chi connectivity index (χ0n) is 13.3. The van der Waals surface area contributed by atoms with Crippen LogP contribution in [0, 0.1) is 0 Å². The highest BCUT2D eigenvalue weighted by Crippen LogP contribution is 2.25. The van der Waals surface area contributed by atoms with Gasteiger partial charge in [-0.3, -0.25) is 4.79 Å². The summed E-state index contributed by atoms with van der Waals surface area (Å²) in [6.07, 6.45) is 0. The zero-order chi connectivity index (χ0) is 16.7. The van der Waals surface area contributed by atoms with Crippen molar-refractivity contribution >= 4 is 5.97 Å². The molecular formula is C18H21NO4. The molecule has 23 heavy (non-hydrogen) atoms. The Balaban J connectivity index is 2.22. The Labute approximate surface area is 136 Å². The van der Waals surface area contributed by atoms with Gasteiger partial charge in [0.2, 0.25) is 0 Å². The summed E-state index contributed by atoms with van der Waals surface area (Å²) in [5.74, 6) is -0.457. The summed E-state index contributed by atoms with van der Waals surface area (Å²) in [6, 6.07) is 17.3. The molecule has 0 aliphatic rings. The summed E-state index contributed by atoms with van der Waals surface area (Å²) < 4.78 is 5.04. The Hall–Kier alpha value is -2.21. The maximum Gasteiger partial charge on any atom is 0.322 e. The molecule has 0 unspecified atom stereocenters. The van der Waals surface area contributed by atoms with Crippen molar-refractivity contribution in [1.29, 1.82) is 0 Å². The van der Waals surface area contributed by atoms with Gasteiger partial charge in [-0.1, -0.05) is 54.6 Å². The van der Waals surface area contributed by atoms with Crippen LogP contribution < -0.4 is 0 Å². The number of ether oxygens (including phenoxy) is 1. The van der Waals surface area contributed by atoms with Gasteiger partial charge in [-0.15, -0.1) is 5.06 Å². The molecule has 0 spiro atoms. The third-order valence-corrected chi connectivity index (χ3v) is 3.43. The largest absolute Gasteiger partial charge is 0.394 e. The predicted octanol–water partition coefficient (Wildman–Crippen LogP) is 2.77. The van der Waals surface area contributed by atoms with E-state index in [1.807, 2.05) is 54.6 Å². The molecule has 2 aromatic carbocycles. The van der Waals surface area contributed by atoms with Gasteiger partial charge in [0.1, 0.15) is 6.73 Å². The molecular weight excluding hydrogens is 294 g/mol. The molecule has 0 aliphatic heterocycles. The molecule has 2 aromatic rings. The van der Waals surface area contributed by atoms with Gasteiger partial charge in [0.15, 0.2) is 0 Å². The number of carbonyl (C=O) groups is 1. The average Bonchev–Trinajstić information content (AvgIpc) is 2.57. The van der Waals surface area contributed by atoms with Crippen LogP contribution in [0.25, 0.3) is 11.1 Å². The van der Waals surface area contributed by atoms with E-state index in [1.54, 1.807) is 0 Å². The van der Waals surface area contributed by atoms with E-state index in [0.717, 1.165) is 16.7 Å². The van der Waals surface area contributed by atoms with E-state index in [0.29, 0.717) is 0 Å². The van der Waals surface area contributed by atoms with Crippen LogP contribution in [0.3, 0.4) is 0 Å². The molecule has 2 rings (SSSR count). The van der Waals surface area contributed by atoms with Gasteiger partial charge in [0, 0.05) is 14.0 Å². The fraction of sp³-hybridized carbons (Fsp3) is 0.278. The molecule has 5 heteroatoms. The van der Waals surface area contributed by atoms with Crippen LogP contribution in [0.15, 0.2) is 54.6 Å². The van der Waals surface area contributed by atoms with E-state index in [2.05, 4.69) is 0 Å². The number of methoxy groups -OCH3 is 1. The van der Waals surface area contributed by atoms with Crippen molar-refractivity contribution < 1.29 is 19.5 Å². The van der Waals surface area contributed by atoms with Crippen LogP contribution in [0.2, 0.25) is 0 Å². The lowest BCUT2D eigenvalue weighted by atomic mass is 10.0. The first-order valence-electron chi connectivity index (χ1n) is 7.36. The zero-order valence-corrected chi connectivity index (χ0v) is 13.3. The van der Waals surface area contributed by atoms with Crippen LogP contribution >= 0.6 is 0 Å². The number of hydroxylamine groups is 2. The Kier molecular flexibility index (Phi) is 6.29. The minimum absolute atomic E-state index is 0.0746. The highest BCUT2D eigenvalue weighted by Gasteiger charge is 2.22. The van der Waals surface area contributed by atoms with Gasteiger partial charge >= 0.3 is 5.97 Å². The van der Waals surface area contributed by atoms with E-state index in [1.165, 1.54) is 19.1 Å². The Morgan fingerprint density at radius 2 is 1.70 bits per heavy atom. The fourth-order valence-corrected chi connectivity index (χ4v) is 2.36. The van der Waals surface area contributed by atoms with E-state index in [4.69, 9.17) is 9.57 Å². The van der Waals surface area contributed by atoms with E-state index in [9.17, 15) is 9.90 Å². The van der Waals surface area contributed by atoms with Crippen molar-refractivity contribution in [3.8, 4) is 11.1 Å². The normalized spacial score (nSPS) is 12.2. The summed E-state index contributed by atoms with van der Waals surface area (Å²) in [5, 5.41) is 11.0. The summed E-state index contributed by atoms with van der Waals surface area (Å²) in [4.78, 5) is 16.3. The molecule has 0 saturated carbocycles. The first kappa shape index (κ1) is 17.1. The number of nitrogens with zero attached hydrogens (tertiary/aromatic N) is 1.